The Kier molecular flexibility index (Phi) is 1.08. The Morgan fingerprint density at radius 3 is 2.75 bits per heavy atom. The molecule has 0 amide bonds. The number of hydrogen-bond acceptors (Lipinski definition) is 1. The molecule has 42 valence electrons. The van der Waals surface area contributed by atoms with Crippen molar-refractivity contribution in [1.82, 2.24) is 4.98 Å². The van der Waals surface area contributed by atoms with E-state index < -0.39 is 0 Å². The number of nitrogens with two attached hydrogens (primary N) is 1. The van der Waals surface area contributed by atoms with Crippen LogP contribution in [0.5, 0.6) is 0 Å². The van der Waals surface area contributed by atoms with Gasteiger partial charge >= 0.3 is 0 Å². The predicted octanol–water partition coefficient (Wildman–Crippen LogP) is 1.24. The highest BCUT2D eigenvalue weighted by molar-refractivity contribution is 5.59. The van der Waals surface area contributed by atoms with Crippen LogP contribution in [0.2, 0.25) is 0 Å². The van der Waals surface area contributed by atoms with E-state index in [1.165, 1.54) is 0 Å². The average Bonchev–Trinajstić information content (AvgIpc) is 2.14. The third-order valence-electron chi connectivity index (χ3n) is 1.03. The maximum absolute atomic E-state index is 5.42. The van der Waals surface area contributed by atoms with Crippen LogP contribution in [0.1, 0.15) is 5.56 Å². The second kappa shape index (κ2) is 1.74. The van der Waals surface area contributed by atoms with Gasteiger partial charge in [-0.1, -0.05) is 12.7 Å². The van der Waals surface area contributed by atoms with E-state index in [-0.39, 0.29) is 0 Å². The van der Waals surface area contributed by atoms with Crippen LogP contribution in [0.15, 0.2) is 18.8 Å². The zero-order valence-electron chi connectivity index (χ0n) is 4.52. The molecule has 8 heavy (non-hydrogen) atoms. The van der Waals surface area contributed by atoms with Crippen molar-refractivity contribution in [3.63, 3.8) is 0 Å². The quantitative estimate of drug-likeness (QED) is 0.558. The standard InChI is InChI=1S/C6H8N2/c1-2-5-3-4-8-6(5)7/h2-4,8H,1,7H2. The number of nitrogens with one attached hydrogen (secondary N) is 1. The number of aromatic nitrogens is 1. The third kappa shape index (κ3) is 0.601. The van der Waals surface area contributed by atoms with Gasteiger partial charge in [-0.3, -0.25) is 0 Å². The maximum atomic E-state index is 5.42. The Hall–Kier alpha value is -1.18. The number of anilines is 1. The molecule has 1 heterocycles. The molecule has 0 aliphatic rings. The lowest BCUT2D eigenvalue weighted by Crippen LogP contribution is -1.84. The molecule has 3 N–H and O–H groups in total. The van der Waals surface area contributed by atoms with Crippen molar-refractivity contribution in [2.75, 3.05) is 5.73 Å². The molecule has 2 nitrogen and oxygen atoms in total. The molecule has 0 aliphatic heterocycles. The van der Waals surface area contributed by atoms with E-state index in [1.54, 1.807) is 12.3 Å². The number of H-pyrrole nitrogens is 1. The summed E-state index contributed by atoms with van der Waals surface area (Å²) in [6.07, 6.45) is 3.50. The fraction of sp³-hybridized carbons (Fsp3) is 0. The lowest BCUT2D eigenvalue weighted by atomic mass is 10.3. The molecule has 2 heteroatoms. The summed E-state index contributed by atoms with van der Waals surface area (Å²) in [7, 11) is 0. The zero-order valence-corrected chi connectivity index (χ0v) is 4.52. The van der Waals surface area contributed by atoms with Crippen LogP contribution in [0.3, 0.4) is 0 Å². The maximum Gasteiger partial charge on any atom is 0.107 e. The first-order valence-electron chi connectivity index (χ1n) is 2.40. The first-order valence-corrected chi connectivity index (χ1v) is 2.40. The van der Waals surface area contributed by atoms with Gasteiger partial charge in [0.25, 0.3) is 0 Å². The monoisotopic (exact) mass is 108 g/mol. The molecule has 1 rings (SSSR count). The van der Waals surface area contributed by atoms with Gasteiger partial charge < -0.3 is 10.7 Å². The van der Waals surface area contributed by atoms with Gasteiger partial charge in [-0.2, -0.15) is 0 Å². The van der Waals surface area contributed by atoms with E-state index in [0.29, 0.717) is 5.82 Å². The number of nitrogen functional groups attached to an aromatic ring is 1. The summed E-state index contributed by atoms with van der Waals surface area (Å²) in [5.41, 5.74) is 6.39. The van der Waals surface area contributed by atoms with Crippen LogP contribution in [-0.4, -0.2) is 4.98 Å². The molecule has 1 aromatic rings. The predicted molar refractivity (Wildman–Crippen MR) is 35.3 cm³/mol. The van der Waals surface area contributed by atoms with Gasteiger partial charge in [0, 0.05) is 11.8 Å². The minimum atomic E-state index is 0.681. The van der Waals surface area contributed by atoms with Crippen molar-refractivity contribution in [2.45, 2.75) is 0 Å². The van der Waals surface area contributed by atoms with Gasteiger partial charge in [0.15, 0.2) is 0 Å². The fourth-order valence-corrected chi connectivity index (χ4v) is 0.572. The summed E-state index contributed by atoms with van der Waals surface area (Å²) in [5.74, 6) is 0.681. The summed E-state index contributed by atoms with van der Waals surface area (Å²) < 4.78 is 0. The highest BCUT2D eigenvalue weighted by Crippen LogP contribution is 2.07. The summed E-state index contributed by atoms with van der Waals surface area (Å²) in [6.45, 7) is 3.56. The molecule has 0 saturated heterocycles. The van der Waals surface area contributed by atoms with Crippen LogP contribution >= 0.6 is 0 Å². The Balaban J connectivity index is 3.09. The topological polar surface area (TPSA) is 41.8 Å². The second-order valence-corrected chi connectivity index (χ2v) is 1.55. The minimum Gasteiger partial charge on any atom is -0.385 e. The number of rotatable bonds is 1. The second-order valence-electron chi connectivity index (χ2n) is 1.55. The zero-order chi connectivity index (χ0) is 5.98. The molecule has 1 aromatic heterocycles. The Bertz CT molecular complexity index is 188. The minimum absolute atomic E-state index is 0.681. The number of aromatic amines is 1. The van der Waals surface area contributed by atoms with Gasteiger partial charge in [0.1, 0.15) is 5.82 Å². The summed E-state index contributed by atoms with van der Waals surface area (Å²) in [5, 5.41) is 0. The Morgan fingerprint density at radius 1 is 1.75 bits per heavy atom. The lowest BCUT2D eigenvalue weighted by Gasteiger charge is -1.84. The van der Waals surface area contributed by atoms with Gasteiger partial charge in [-0.25, -0.2) is 0 Å². The van der Waals surface area contributed by atoms with Crippen LogP contribution in [0.4, 0.5) is 5.82 Å². The van der Waals surface area contributed by atoms with Gasteiger partial charge in [0.2, 0.25) is 0 Å². The largest absolute Gasteiger partial charge is 0.385 e. The first-order chi connectivity index (χ1) is 3.84. The molecule has 0 aliphatic carbocycles. The highest BCUT2D eigenvalue weighted by Gasteiger charge is 1.89. The Morgan fingerprint density at radius 2 is 2.50 bits per heavy atom. The highest BCUT2D eigenvalue weighted by atomic mass is 14.8. The first kappa shape index (κ1) is 4.97. The van der Waals surface area contributed by atoms with E-state index in [0.717, 1.165) is 5.56 Å². The summed E-state index contributed by atoms with van der Waals surface area (Å²) >= 11 is 0. The van der Waals surface area contributed by atoms with Gasteiger partial charge in [-0.15, -0.1) is 0 Å². The van der Waals surface area contributed by atoms with Crippen molar-refractivity contribution < 1.29 is 0 Å². The molecular formula is C6H8N2. The molecule has 0 bridgehead atoms. The fourth-order valence-electron chi connectivity index (χ4n) is 0.572. The average molecular weight is 108 g/mol. The lowest BCUT2D eigenvalue weighted by molar-refractivity contribution is 1.41. The van der Waals surface area contributed by atoms with Crippen molar-refractivity contribution in [1.29, 1.82) is 0 Å². The Labute approximate surface area is 48.0 Å². The van der Waals surface area contributed by atoms with Crippen LogP contribution in [0.25, 0.3) is 6.08 Å². The molecule has 0 spiro atoms. The van der Waals surface area contributed by atoms with E-state index >= 15 is 0 Å². The van der Waals surface area contributed by atoms with E-state index in [9.17, 15) is 0 Å². The SMILES string of the molecule is C=Cc1cc[nH]c1N. The van der Waals surface area contributed by atoms with E-state index in [1.807, 2.05) is 6.07 Å². The molecular weight excluding hydrogens is 100 g/mol. The summed E-state index contributed by atoms with van der Waals surface area (Å²) in [4.78, 5) is 2.83. The van der Waals surface area contributed by atoms with Crippen molar-refractivity contribution in [2.24, 2.45) is 0 Å². The van der Waals surface area contributed by atoms with Crippen LogP contribution in [-0.2, 0) is 0 Å². The van der Waals surface area contributed by atoms with Crippen LogP contribution in [0, 0.1) is 0 Å². The molecule has 0 saturated carbocycles. The molecule has 0 radical (unpaired) electrons. The molecule has 0 unspecified atom stereocenters. The van der Waals surface area contributed by atoms with Crippen LogP contribution < -0.4 is 5.73 Å². The van der Waals surface area contributed by atoms with Crippen molar-refractivity contribution in [3.8, 4) is 0 Å². The van der Waals surface area contributed by atoms with E-state index in [2.05, 4.69) is 11.6 Å². The van der Waals surface area contributed by atoms with Gasteiger partial charge in [0.05, 0.1) is 0 Å². The third-order valence-corrected chi connectivity index (χ3v) is 1.03. The van der Waals surface area contributed by atoms with E-state index in [4.69, 9.17) is 5.73 Å². The molecule has 0 aromatic carbocycles. The number of hydrogen-bond donors (Lipinski definition) is 2. The normalized spacial score (nSPS) is 9.00. The summed E-state index contributed by atoms with van der Waals surface area (Å²) in [6, 6.07) is 1.88. The molecule has 0 atom stereocenters. The van der Waals surface area contributed by atoms with Crippen molar-refractivity contribution in [3.05, 3.63) is 24.4 Å². The molecule has 0 fully saturated rings. The van der Waals surface area contributed by atoms with Crippen molar-refractivity contribution >= 4 is 11.9 Å². The smallest absolute Gasteiger partial charge is 0.107 e. The van der Waals surface area contributed by atoms with Gasteiger partial charge in [-0.05, 0) is 6.07 Å².